The van der Waals surface area contributed by atoms with Crippen LogP contribution in [0.1, 0.15) is 18.1 Å². The number of ether oxygens (including phenoxy) is 2. The number of aromatic nitrogens is 2. The second-order valence-corrected chi connectivity index (χ2v) is 9.02. The van der Waals surface area contributed by atoms with E-state index in [0.717, 1.165) is 10.9 Å². The van der Waals surface area contributed by atoms with Gasteiger partial charge in [0.25, 0.3) is 5.56 Å². The number of hydrogen-bond acceptors (Lipinski definition) is 6. The van der Waals surface area contributed by atoms with E-state index in [0.29, 0.717) is 51.7 Å². The third kappa shape index (κ3) is 5.07. The fourth-order valence-corrected chi connectivity index (χ4v) is 4.34. The van der Waals surface area contributed by atoms with Crippen LogP contribution in [0.3, 0.4) is 0 Å². The van der Waals surface area contributed by atoms with E-state index in [1.165, 1.54) is 16.8 Å². The van der Waals surface area contributed by atoms with Crippen LogP contribution in [0.15, 0.2) is 111 Å². The van der Waals surface area contributed by atoms with Crippen molar-refractivity contribution >= 4 is 28.1 Å². The topological polar surface area (TPSA) is 78.9 Å². The van der Waals surface area contributed by atoms with Crippen LogP contribution >= 0.6 is 0 Å². The van der Waals surface area contributed by atoms with Gasteiger partial charge in [0.2, 0.25) is 5.82 Å². The van der Waals surface area contributed by atoms with E-state index < -0.39 is 0 Å². The van der Waals surface area contributed by atoms with E-state index in [2.05, 4.69) is 5.10 Å². The molecular formula is C32H24FN3O4. The second-order valence-electron chi connectivity index (χ2n) is 9.02. The van der Waals surface area contributed by atoms with Crippen LogP contribution in [0.4, 0.5) is 4.39 Å². The first-order valence-electron chi connectivity index (χ1n) is 12.8. The van der Waals surface area contributed by atoms with Crippen molar-refractivity contribution in [1.29, 1.82) is 0 Å². The number of rotatable bonds is 8. The van der Waals surface area contributed by atoms with Gasteiger partial charge in [-0.15, -0.1) is 0 Å². The van der Waals surface area contributed by atoms with E-state index in [4.69, 9.17) is 18.9 Å². The highest BCUT2D eigenvalue weighted by molar-refractivity contribution is 5.85. The SMILES string of the molecule is CCOc1cc(C=Nn2c(-c3cc4ccccc4o3)nc3ccccc3c2=O)ccc1OCc1ccc(F)cc1. The fraction of sp³-hybridized carbons (Fsp3) is 0.0938. The molecule has 0 unspecified atom stereocenters. The van der Waals surface area contributed by atoms with Crippen LogP contribution in [0.25, 0.3) is 33.5 Å². The van der Waals surface area contributed by atoms with Crippen molar-refractivity contribution in [3.63, 3.8) is 0 Å². The molecule has 0 radical (unpaired) electrons. The molecule has 0 bridgehead atoms. The van der Waals surface area contributed by atoms with Gasteiger partial charge in [-0.25, -0.2) is 9.37 Å². The Kier molecular flexibility index (Phi) is 6.80. The lowest BCUT2D eigenvalue weighted by Gasteiger charge is -2.13. The maximum Gasteiger partial charge on any atom is 0.282 e. The van der Waals surface area contributed by atoms with Crippen LogP contribution in [-0.2, 0) is 6.61 Å². The number of furan rings is 1. The molecule has 0 spiro atoms. The lowest BCUT2D eigenvalue weighted by atomic mass is 10.2. The summed E-state index contributed by atoms with van der Waals surface area (Å²) >= 11 is 0. The van der Waals surface area contributed by atoms with Gasteiger partial charge in [-0.1, -0.05) is 42.5 Å². The van der Waals surface area contributed by atoms with E-state index in [1.54, 1.807) is 48.7 Å². The van der Waals surface area contributed by atoms with E-state index >= 15 is 0 Å². The standard InChI is InChI=1S/C32H24FN3O4/c1-2-38-29-17-22(13-16-28(29)39-20-21-11-14-24(33)15-12-21)19-34-36-31(30-18-23-7-3-6-10-27(23)40-30)35-26-9-5-4-8-25(26)32(36)37/h3-19H,2,20H2,1H3. The first-order valence-corrected chi connectivity index (χ1v) is 12.8. The Hall–Kier alpha value is -5.24. The Labute approximate surface area is 228 Å². The highest BCUT2D eigenvalue weighted by atomic mass is 19.1. The average molecular weight is 534 g/mol. The van der Waals surface area contributed by atoms with E-state index in [1.807, 2.05) is 49.4 Å². The molecule has 0 saturated carbocycles. The summed E-state index contributed by atoms with van der Waals surface area (Å²) in [6.07, 6.45) is 1.57. The maximum absolute atomic E-state index is 13.5. The molecule has 0 saturated heterocycles. The van der Waals surface area contributed by atoms with Crippen LogP contribution in [0, 0.1) is 5.82 Å². The Morgan fingerprint density at radius 2 is 1.73 bits per heavy atom. The third-order valence-electron chi connectivity index (χ3n) is 6.30. The van der Waals surface area contributed by atoms with Crippen molar-refractivity contribution in [2.75, 3.05) is 6.61 Å². The fourth-order valence-electron chi connectivity index (χ4n) is 4.34. The van der Waals surface area contributed by atoms with Gasteiger partial charge in [-0.05, 0) is 72.6 Å². The van der Waals surface area contributed by atoms with Crippen molar-refractivity contribution in [3.8, 4) is 23.1 Å². The monoisotopic (exact) mass is 533 g/mol. The van der Waals surface area contributed by atoms with Gasteiger partial charge in [-0.3, -0.25) is 4.79 Å². The molecule has 0 amide bonds. The molecule has 6 rings (SSSR count). The number of para-hydroxylation sites is 2. The number of hydrogen-bond donors (Lipinski definition) is 0. The Bertz CT molecular complexity index is 1880. The summed E-state index contributed by atoms with van der Waals surface area (Å²) in [5.41, 5.74) is 2.44. The zero-order chi connectivity index (χ0) is 27.5. The Morgan fingerprint density at radius 1 is 0.925 bits per heavy atom. The molecule has 6 aromatic rings. The zero-order valence-corrected chi connectivity index (χ0v) is 21.6. The molecule has 7 nitrogen and oxygen atoms in total. The predicted octanol–water partition coefficient (Wildman–Crippen LogP) is 6.81. The van der Waals surface area contributed by atoms with Crippen molar-refractivity contribution in [3.05, 3.63) is 124 Å². The molecule has 0 aliphatic carbocycles. The predicted molar refractivity (Wildman–Crippen MR) is 153 cm³/mol. The summed E-state index contributed by atoms with van der Waals surface area (Å²) in [6, 6.07) is 28.1. The van der Waals surface area contributed by atoms with Crippen molar-refractivity contribution in [2.45, 2.75) is 13.5 Å². The minimum Gasteiger partial charge on any atom is -0.490 e. The Balaban J connectivity index is 1.36. The minimum absolute atomic E-state index is 0.257. The van der Waals surface area contributed by atoms with Crippen LogP contribution in [0.2, 0.25) is 0 Å². The maximum atomic E-state index is 13.5. The first kappa shape index (κ1) is 25.1. The third-order valence-corrected chi connectivity index (χ3v) is 6.30. The molecule has 2 heterocycles. The molecule has 0 atom stereocenters. The lowest BCUT2D eigenvalue weighted by Crippen LogP contribution is -2.20. The molecule has 4 aromatic carbocycles. The molecule has 0 aliphatic heterocycles. The van der Waals surface area contributed by atoms with Crippen molar-refractivity contribution in [2.24, 2.45) is 5.10 Å². The van der Waals surface area contributed by atoms with Gasteiger partial charge in [0, 0.05) is 5.39 Å². The summed E-state index contributed by atoms with van der Waals surface area (Å²) in [5.74, 6) is 1.48. The number of nitrogens with zero attached hydrogens (tertiary/aromatic N) is 3. The Morgan fingerprint density at radius 3 is 2.55 bits per heavy atom. The summed E-state index contributed by atoms with van der Waals surface area (Å²) in [5, 5.41) is 5.87. The van der Waals surface area contributed by atoms with Gasteiger partial charge in [0.1, 0.15) is 18.0 Å². The zero-order valence-electron chi connectivity index (χ0n) is 21.6. The van der Waals surface area contributed by atoms with Gasteiger partial charge < -0.3 is 13.9 Å². The molecule has 8 heteroatoms. The molecule has 0 fully saturated rings. The average Bonchev–Trinajstić information content (AvgIpc) is 3.41. The molecule has 2 aromatic heterocycles. The largest absolute Gasteiger partial charge is 0.490 e. The number of benzene rings is 4. The summed E-state index contributed by atoms with van der Waals surface area (Å²) in [7, 11) is 0. The molecule has 198 valence electrons. The molecule has 0 aliphatic rings. The normalized spacial score (nSPS) is 11.4. The second kappa shape index (κ2) is 10.9. The molecule has 0 N–H and O–H groups in total. The minimum atomic E-state index is -0.318. The van der Waals surface area contributed by atoms with Gasteiger partial charge in [0.15, 0.2) is 17.3 Å². The lowest BCUT2D eigenvalue weighted by molar-refractivity contribution is 0.269. The highest BCUT2D eigenvalue weighted by Gasteiger charge is 2.16. The van der Waals surface area contributed by atoms with Crippen LogP contribution < -0.4 is 15.0 Å². The highest BCUT2D eigenvalue weighted by Crippen LogP contribution is 2.30. The summed E-state index contributed by atoms with van der Waals surface area (Å²) in [6.45, 7) is 2.56. The van der Waals surface area contributed by atoms with Crippen LogP contribution in [-0.4, -0.2) is 22.5 Å². The first-order chi connectivity index (χ1) is 19.6. The van der Waals surface area contributed by atoms with Gasteiger partial charge in [-0.2, -0.15) is 9.78 Å². The van der Waals surface area contributed by atoms with Crippen molar-refractivity contribution in [1.82, 2.24) is 9.66 Å². The van der Waals surface area contributed by atoms with Gasteiger partial charge in [0.05, 0.1) is 23.7 Å². The smallest absolute Gasteiger partial charge is 0.282 e. The van der Waals surface area contributed by atoms with Crippen molar-refractivity contribution < 1.29 is 18.3 Å². The summed E-state index contributed by atoms with van der Waals surface area (Å²) in [4.78, 5) is 18.2. The summed E-state index contributed by atoms with van der Waals surface area (Å²) < 4.78 is 32.2. The molecule has 40 heavy (non-hydrogen) atoms. The number of fused-ring (bicyclic) bond motifs is 2. The van der Waals surface area contributed by atoms with E-state index in [-0.39, 0.29) is 18.0 Å². The van der Waals surface area contributed by atoms with Gasteiger partial charge >= 0.3 is 0 Å². The quantitative estimate of drug-likeness (QED) is 0.201. The van der Waals surface area contributed by atoms with Crippen LogP contribution in [0.5, 0.6) is 11.5 Å². The van der Waals surface area contributed by atoms with E-state index in [9.17, 15) is 9.18 Å². The number of halogens is 1. The molecular weight excluding hydrogens is 509 g/mol.